The van der Waals surface area contributed by atoms with Gasteiger partial charge in [0.25, 0.3) is 0 Å². The van der Waals surface area contributed by atoms with Crippen LogP contribution in [0.3, 0.4) is 0 Å². The standard InChI is InChI=1S/C9H13NO5/c1-2-5-15-9(14)10-4-3-7(11)6-8(12)13/h2H,1,3-6H2,(H,10,14)(H,12,13). The molecule has 0 atom stereocenters. The third kappa shape index (κ3) is 8.48. The molecular weight excluding hydrogens is 202 g/mol. The highest BCUT2D eigenvalue weighted by Gasteiger charge is 2.08. The zero-order valence-corrected chi connectivity index (χ0v) is 8.19. The van der Waals surface area contributed by atoms with Crippen molar-refractivity contribution >= 4 is 17.8 Å². The van der Waals surface area contributed by atoms with Crippen molar-refractivity contribution in [3.05, 3.63) is 12.7 Å². The van der Waals surface area contributed by atoms with Crippen molar-refractivity contribution in [3.8, 4) is 0 Å². The van der Waals surface area contributed by atoms with Crippen LogP contribution in [0, 0.1) is 0 Å². The maximum absolute atomic E-state index is 10.9. The van der Waals surface area contributed by atoms with Gasteiger partial charge in [0.05, 0.1) is 0 Å². The van der Waals surface area contributed by atoms with Crippen LogP contribution < -0.4 is 5.32 Å². The van der Waals surface area contributed by atoms with Crippen LogP contribution >= 0.6 is 0 Å². The lowest BCUT2D eigenvalue weighted by molar-refractivity contribution is -0.140. The van der Waals surface area contributed by atoms with Gasteiger partial charge in [0, 0.05) is 13.0 Å². The highest BCUT2D eigenvalue weighted by Crippen LogP contribution is 1.89. The predicted octanol–water partition coefficient (Wildman–Crippen LogP) is 0.333. The first-order valence-corrected chi connectivity index (χ1v) is 4.31. The number of carbonyl (C=O) groups is 3. The van der Waals surface area contributed by atoms with E-state index < -0.39 is 24.3 Å². The van der Waals surface area contributed by atoms with E-state index in [1.54, 1.807) is 0 Å². The summed E-state index contributed by atoms with van der Waals surface area (Å²) in [6.45, 7) is 3.51. The molecule has 0 heterocycles. The number of nitrogens with one attached hydrogen (secondary N) is 1. The Morgan fingerprint density at radius 2 is 2.07 bits per heavy atom. The van der Waals surface area contributed by atoms with E-state index >= 15 is 0 Å². The SMILES string of the molecule is C=CCOC(=O)NCCC(=O)CC(=O)O. The third-order valence-corrected chi connectivity index (χ3v) is 1.35. The first-order valence-electron chi connectivity index (χ1n) is 4.31. The van der Waals surface area contributed by atoms with Gasteiger partial charge >= 0.3 is 12.1 Å². The number of ketones is 1. The van der Waals surface area contributed by atoms with Crippen molar-refractivity contribution in [2.45, 2.75) is 12.8 Å². The van der Waals surface area contributed by atoms with E-state index in [4.69, 9.17) is 5.11 Å². The molecule has 0 saturated carbocycles. The normalized spacial score (nSPS) is 9.07. The molecule has 0 aliphatic carbocycles. The van der Waals surface area contributed by atoms with E-state index in [0.29, 0.717) is 0 Å². The highest BCUT2D eigenvalue weighted by atomic mass is 16.5. The van der Waals surface area contributed by atoms with Crippen LogP contribution in [0.5, 0.6) is 0 Å². The van der Waals surface area contributed by atoms with E-state index in [0.717, 1.165) is 0 Å². The lowest BCUT2D eigenvalue weighted by Gasteiger charge is -2.03. The van der Waals surface area contributed by atoms with Gasteiger partial charge in [-0.25, -0.2) is 4.79 Å². The molecule has 0 unspecified atom stereocenters. The van der Waals surface area contributed by atoms with Crippen LogP contribution in [0.4, 0.5) is 4.79 Å². The average Bonchev–Trinajstić information content (AvgIpc) is 2.13. The molecule has 0 aliphatic heterocycles. The molecule has 6 heteroatoms. The number of hydrogen-bond donors (Lipinski definition) is 2. The Hall–Kier alpha value is -1.85. The maximum Gasteiger partial charge on any atom is 0.407 e. The molecule has 0 aromatic carbocycles. The molecule has 0 rings (SSSR count). The van der Waals surface area contributed by atoms with Gasteiger partial charge < -0.3 is 15.2 Å². The molecule has 0 bridgehead atoms. The van der Waals surface area contributed by atoms with E-state index in [-0.39, 0.29) is 19.6 Å². The van der Waals surface area contributed by atoms with Gasteiger partial charge in [-0.1, -0.05) is 12.7 Å². The monoisotopic (exact) mass is 215 g/mol. The van der Waals surface area contributed by atoms with E-state index in [1.165, 1.54) is 6.08 Å². The zero-order chi connectivity index (χ0) is 11.7. The quantitative estimate of drug-likeness (QED) is 0.471. The molecule has 2 N–H and O–H groups in total. The van der Waals surface area contributed by atoms with Crippen LogP contribution in [0.1, 0.15) is 12.8 Å². The van der Waals surface area contributed by atoms with E-state index in [1.807, 2.05) is 0 Å². The van der Waals surface area contributed by atoms with Gasteiger partial charge in [0.15, 0.2) is 0 Å². The summed E-state index contributed by atoms with van der Waals surface area (Å²) in [6, 6.07) is 0. The van der Waals surface area contributed by atoms with Crippen molar-refractivity contribution in [3.63, 3.8) is 0 Å². The van der Waals surface area contributed by atoms with E-state index in [2.05, 4.69) is 16.6 Å². The van der Waals surface area contributed by atoms with Gasteiger partial charge in [0.1, 0.15) is 18.8 Å². The Balaban J connectivity index is 3.52. The lowest BCUT2D eigenvalue weighted by Crippen LogP contribution is -2.27. The zero-order valence-electron chi connectivity index (χ0n) is 8.19. The number of rotatable bonds is 7. The van der Waals surface area contributed by atoms with Crippen LogP contribution in [0.2, 0.25) is 0 Å². The Labute approximate surface area is 86.9 Å². The van der Waals surface area contributed by atoms with Crippen LogP contribution in [-0.4, -0.2) is 36.1 Å². The van der Waals surface area contributed by atoms with Gasteiger partial charge in [-0.2, -0.15) is 0 Å². The Morgan fingerprint density at radius 1 is 1.40 bits per heavy atom. The van der Waals surface area contributed by atoms with Crippen molar-refractivity contribution in [1.82, 2.24) is 5.32 Å². The van der Waals surface area contributed by atoms with Crippen LogP contribution in [-0.2, 0) is 14.3 Å². The molecule has 0 spiro atoms. The van der Waals surface area contributed by atoms with Crippen LogP contribution in [0.15, 0.2) is 12.7 Å². The van der Waals surface area contributed by atoms with Crippen molar-refractivity contribution in [2.24, 2.45) is 0 Å². The number of carboxylic acid groups (broad SMARTS) is 1. The van der Waals surface area contributed by atoms with E-state index in [9.17, 15) is 14.4 Å². The number of aliphatic carboxylic acids is 1. The summed E-state index contributed by atoms with van der Waals surface area (Å²) in [5, 5.41) is 10.6. The minimum absolute atomic E-state index is 0.0184. The number of Topliss-reactive ketones (excluding diaryl/α,β-unsaturated/α-hetero) is 1. The number of hydrogen-bond acceptors (Lipinski definition) is 4. The number of ether oxygens (including phenoxy) is 1. The molecule has 0 aromatic heterocycles. The molecule has 0 aromatic rings. The molecule has 84 valence electrons. The Morgan fingerprint density at radius 3 is 2.60 bits per heavy atom. The number of alkyl carbamates (subject to hydrolysis) is 1. The molecule has 0 aliphatic rings. The second kappa shape index (κ2) is 7.54. The molecule has 0 fully saturated rings. The topological polar surface area (TPSA) is 92.7 Å². The van der Waals surface area contributed by atoms with Crippen molar-refractivity contribution in [2.75, 3.05) is 13.2 Å². The van der Waals surface area contributed by atoms with Crippen molar-refractivity contribution < 1.29 is 24.2 Å². The van der Waals surface area contributed by atoms with Gasteiger partial charge in [-0.3, -0.25) is 9.59 Å². The van der Waals surface area contributed by atoms with Gasteiger partial charge in [0.2, 0.25) is 0 Å². The van der Waals surface area contributed by atoms with Gasteiger partial charge in [-0.15, -0.1) is 0 Å². The second-order valence-electron chi connectivity index (χ2n) is 2.67. The molecule has 1 amide bonds. The fourth-order valence-corrected chi connectivity index (χ4v) is 0.747. The fraction of sp³-hybridized carbons (Fsp3) is 0.444. The Kier molecular flexibility index (Phi) is 6.61. The highest BCUT2D eigenvalue weighted by molar-refractivity contribution is 5.94. The second-order valence-corrected chi connectivity index (χ2v) is 2.67. The third-order valence-electron chi connectivity index (χ3n) is 1.35. The molecular formula is C9H13NO5. The summed E-state index contributed by atoms with van der Waals surface area (Å²) in [7, 11) is 0. The summed E-state index contributed by atoms with van der Waals surface area (Å²) in [6.07, 6.45) is 0.214. The summed E-state index contributed by atoms with van der Waals surface area (Å²) in [4.78, 5) is 31.8. The number of amides is 1. The summed E-state index contributed by atoms with van der Waals surface area (Å²) in [5.41, 5.74) is 0. The van der Waals surface area contributed by atoms with Gasteiger partial charge in [-0.05, 0) is 0 Å². The minimum atomic E-state index is -1.17. The van der Waals surface area contributed by atoms with Crippen molar-refractivity contribution in [1.29, 1.82) is 0 Å². The first kappa shape index (κ1) is 13.2. The number of carbonyl (C=O) groups excluding carboxylic acids is 2. The summed E-state index contributed by atoms with van der Waals surface area (Å²) < 4.78 is 4.56. The number of carboxylic acids is 1. The fourth-order valence-electron chi connectivity index (χ4n) is 0.747. The average molecular weight is 215 g/mol. The molecule has 15 heavy (non-hydrogen) atoms. The summed E-state index contributed by atoms with van der Waals surface area (Å²) >= 11 is 0. The van der Waals surface area contributed by atoms with Crippen LogP contribution in [0.25, 0.3) is 0 Å². The largest absolute Gasteiger partial charge is 0.481 e. The molecule has 6 nitrogen and oxygen atoms in total. The molecule has 0 saturated heterocycles. The smallest absolute Gasteiger partial charge is 0.407 e. The lowest BCUT2D eigenvalue weighted by atomic mass is 10.2. The Bertz CT molecular complexity index is 261. The maximum atomic E-state index is 10.9. The molecule has 0 radical (unpaired) electrons. The summed E-state index contributed by atoms with van der Waals surface area (Å²) in [5.74, 6) is -1.61. The predicted molar refractivity (Wildman–Crippen MR) is 51.4 cm³/mol. The first-order chi connectivity index (χ1) is 7.06. The minimum Gasteiger partial charge on any atom is -0.481 e.